The molecular weight excluding hydrogens is 257 g/mol. The fourth-order valence-corrected chi connectivity index (χ4v) is 1.62. The van der Waals surface area contributed by atoms with E-state index in [0.29, 0.717) is 0 Å². The van der Waals surface area contributed by atoms with Crippen LogP contribution in [0.3, 0.4) is 0 Å². The van der Waals surface area contributed by atoms with Gasteiger partial charge in [0, 0.05) is 18.6 Å². The Morgan fingerprint density at radius 1 is 0.947 bits per heavy atom. The highest BCUT2D eigenvalue weighted by molar-refractivity contribution is 5.70. The Morgan fingerprint density at radius 3 is 2.26 bits per heavy atom. The van der Waals surface area contributed by atoms with Crippen molar-refractivity contribution in [3.63, 3.8) is 0 Å². The van der Waals surface area contributed by atoms with E-state index in [1.165, 1.54) is 25.1 Å². The van der Waals surface area contributed by atoms with Crippen molar-refractivity contribution < 1.29 is 22.7 Å². The summed E-state index contributed by atoms with van der Waals surface area (Å²) in [5.41, 5.74) is 0.292. The number of esters is 1. The summed E-state index contributed by atoms with van der Waals surface area (Å²) >= 11 is 0. The standard InChI is InChI=1S/C14H9F3O2/c1-8(18)19-10-3-4-11(13(16)7-10)9-2-5-12(15)14(17)6-9/h2-7H,1H3. The highest BCUT2D eigenvalue weighted by Crippen LogP contribution is 2.27. The van der Waals surface area contributed by atoms with Crippen molar-refractivity contribution in [1.29, 1.82) is 0 Å². The van der Waals surface area contributed by atoms with E-state index in [4.69, 9.17) is 4.74 Å². The summed E-state index contributed by atoms with van der Waals surface area (Å²) in [6, 6.07) is 6.81. The van der Waals surface area contributed by atoms with Crippen molar-refractivity contribution >= 4 is 5.97 Å². The van der Waals surface area contributed by atoms with Crippen molar-refractivity contribution in [3.8, 4) is 16.9 Å². The van der Waals surface area contributed by atoms with Crippen LogP contribution in [-0.2, 0) is 4.79 Å². The number of carbonyl (C=O) groups excluding carboxylic acids is 1. The van der Waals surface area contributed by atoms with Crippen LogP contribution >= 0.6 is 0 Å². The first-order valence-electron chi connectivity index (χ1n) is 5.41. The molecule has 0 fully saturated rings. The van der Waals surface area contributed by atoms with Crippen molar-refractivity contribution in [2.24, 2.45) is 0 Å². The molecule has 2 aromatic carbocycles. The largest absolute Gasteiger partial charge is 0.427 e. The minimum Gasteiger partial charge on any atom is -0.427 e. The SMILES string of the molecule is CC(=O)Oc1ccc(-c2ccc(F)c(F)c2)c(F)c1. The molecule has 2 nitrogen and oxygen atoms in total. The molecule has 0 bridgehead atoms. The van der Waals surface area contributed by atoms with Gasteiger partial charge >= 0.3 is 5.97 Å². The van der Waals surface area contributed by atoms with Crippen LogP contribution in [0, 0.1) is 17.5 Å². The number of hydrogen-bond acceptors (Lipinski definition) is 2. The zero-order chi connectivity index (χ0) is 14.0. The topological polar surface area (TPSA) is 26.3 Å². The van der Waals surface area contributed by atoms with Gasteiger partial charge in [0.25, 0.3) is 0 Å². The van der Waals surface area contributed by atoms with Crippen LogP contribution in [0.1, 0.15) is 6.92 Å². The van der Waals surface area contributed by atoms with E-state index in [1.54, 1.807) is 0 Å². The molecule has 0 aliphatic carbocycles. The Kier molecular flexibility index (Phi) is 3.55. The number of rotatable bonds is 2. The number of halogens is 3. The molecule has 0 spiro atoms. The molecular formula is C14H9F3O2. The fraction of sp³-hybridized carbons (Fsp3) is 0.0714. The molecule has 5 heteroatoms. The number of carbonyl (C=O) groups is 1. The van der Waals surface area contributed by atoms with Crippen molar-refractivity contribution in [2.75, 3.05) is 0 Å². The lowest BCUT2D eigenvalue weighted by atomic mass is 10.0. The lowest BCUT2D eigenvalue weighted by Gasteiger charge is -2.06. The van der Waals surface area contributed by atoms with Crippen LogP contribution in [0.25, 0.3) is 11.1 Å². The smallest absolute Gasteiger partial charge is 0.308 e. The molecule has 0 heterocycles. The molecule has 2 aromatic rings. The Hall–Kier alpha value is -2.30. The molecule has 0 saturated heterocycles. The Morgan fingerprint density at radius 2 is 1.68 bits per heavy atom. The molecule has 2 rings (SSSR count). The van der Waals surface area contributed by atoms with E-state index in [0.717, 1.165) is 18.2 Å². The van der Waals surface area contributed by atoms with E-state index in [9.17, 15) is 18.0 Å². The lowest BCUT2D eigenvalue weighted by Crippen LogP contribution is -2.01. The minimum absolute atomic E-state index is 0.0522. The van der Waals surface area contributed by atoms with E-state index < -0.39 is 23.4 Å². The summed E-state index contributed by atoms with van der Waals surface area (Å²) in [7, 11) is 0. The highest BCUT2D eigenvalue weighted by Gasteiger charge is 2.10. The zero-order valence-electron chi connectivity index (χ0n) is 9.91. The van der Waals surface area contributed by atoms with Crippen LogP contribution in [0.5, 0.6) is 5.75 Å². The number of ether oxygens (including phenoxy) is 1. The predicted molar refractivity (Wildman–Crippen MR) is 63.1 cm³/mol. The molecule has 0 aromatic heterocycles. The van der Waals surface area contributed by atoms with Gasteiger partial charge in [0.2, 0.25) is 0 Å². The van der Waals surface area contributed by atoms with Crippen LogP contribution in [0.4, 0.5) is 13.2 Å². The first-order chi connectivity index (χ1) is 8.97. The average Bonchev–Trinajstić information content (AvgIpc) is 2.32. The van der Waals surface area contributed by atoms with Gasteiger partial charge in [0.15, 0.2) is 11.6 Å². The molecule has 0 aliphatic heterocycles. The maximum absolute atomic E-state index is 13.8. The van der Waals surface area contributed by atoms with Gasteiger partial charge in [-0.15, -0.1) is 0 Å². The first-order valence-corrected chi connectivity index (χ1v) is 5.41. The molecule has 0 aliphatic rings. The highest BCUT2D eigenvalue weighted by atomic mass is 19.2. The molecule has 98 valence electrons. The maximum atomic E-state index is 13.8. The second-order valence-electron chi connectivity index (χ2n) is 3.86. The van der Waals surface area contributed by atoms with Crippen molar-refractivity contribution in [2.45, 2.75) is 6.92 Å². The van der Waals surface area contributed by atoms with Gasteiger partial charge in [-0.05, 0) is 29.8 Å². The van der Waals surface area contributed by atoms with Crippen molar-refractivity contribution in [1.82, 2.24) is 0 Å². The molecule has 0 saturated carbocycles. The summed E-state index contributed by atoms with van der Waals surface area (Å²) in [5.74, 6) is -3.26. The molecule has 0 unspecified atom stereocenters. The summed E-state index contributed by atoms with van der Waals surface area (Å²) in [5, 5.41) is 0. The van der Waals surface area contributed by atoms with Gasteiger partial charge < -0.3 is 4.74 Å². The predicted octanol–water partition coefficient (Wildman–Crippen LogP) is 3.70. The quantitative estimate of drug-likeness (QED) is 0.612. The van der Waals surface area contributed by atoms with Gasteiger partial charge in [-0.2, -0.15) is 0 Å². The van der Waals surface area contributed by atoms with Gasteiger partial charge in [0.05, 0.1) is 0 Å². The first kappa shape index (κ1) is 13.1. The van der Waals surface area contributed by atoms with Crippen molar-refractivity contribution in [3.05, 3.63) is 53.8 Å². The van der Waals surface area contributed by atoms with Crippen LogP contribution in [-0.4, -0.2) is 5.97 Å². The number of hydrogen-bond donors (Lipinski definition) is 0. The average molecular weight is 266 g/mol. The minimum atomic E-state index is -1.05. The normalized spacial score (nSPS) is 10.3. The Labute approximate surface area is 107 Å². The monoisotopic (exact) mass is 266 g/mol. The van der Waals surface area contributed by atoms with E-state index >= 15 is 0 Å². The third kappa shape index (κ3) is 2.93. The van der Waals surface area contributed by atoms with E-state index in [-0.39, 0.29) is 16.9 Å². The molecule has 0 N–H and O–H groups in total. The summed E-state index contributed by atoms with van der Waals surface area (Å²) in [6.45, 7) is 1.20. The fourth-order valence-electron chi connectivity index (χ4n) is 1.62. The Balaban J connectivity index is 2.40. The third-order valence-corrected chi connectivity index (χ3v) is 2.43. The van der Waals surface area contributed by atoms with Gasteiger partial charge in [-0.25, -0.2) is 13.2 Å². The van der Waals surface area contributed by atoms with Gasteiger partial charge in [0.1, 0.15) is 11.6 Å². The molecule has 0 atom stereocenters. The third-order valence-electron chi connectivity index (χ3n) is 2.43. The Bertz CT molecular complexity index is 639. The molecule has 19 heavy (non-hydrogen) atoms. The van der Waals surface area contributed by atoms with Gasteiger partial charge in [-0.3, -0.25) is 4.79 Å². The molecule has 0 amide bonds. The molecule has 0 radical (unpaired) electrons. The van der Waals surface area contributed by atoms with E-state index in [2.05, 4.69) is 0 Å². The van der Waals surface area contributed by atoms with Crippen LogP contribution in [0.2, 0.25) is 0 Å². The van der Waals surface area contributed by atoms with Crippen LogP contribution in [0.15, 0.2) is 36.4 Å². The maximum Gasteiger partial charge on any atom is 0.308 e. The van der Waals surface area contributed by atoms with Crippen LogP contribution < -0.4 is 4.74 Å². The summed E-state index contributed by atoms with van der Waals surface area (Å²) in [4.78, 5) is 10.7. The van der Waals surface area contributed by atoms with Gasteiger partial charge in [-0.1, -0.05) is 6.07 Å². The van der Waals surface area contributed by atoms with E-state index in [1.807, 2.05) is 0 Å². The second kappa shape index (κ2) is 5.14. The lowest BCUT2D eigenvalue weighted by molar-refractivity contribution is -0.131. The number of benzene rings is 2. The summed E-state index contributed by atoms with van der Waals surface area (Å²) in [6.07, 6.45) is 0. The zero-order valence-corrected chi connectivity index (χ0v) is 9.91. The second-order valence-corrected chi connectivity index (χ2v) is 3.86. The summed E-state index contributed by atoms with van der Waals surface area (Å²) < 4.78 is 44.4.